The Morgan fingerprint density at radius 3 is 2.85 bits per heavy atom. The highest BCUT2D eigenvalue weighted by atomic mass is 16.5. The lowest BCUT2D eigenvalue weighted by atomic mass is 9.91. The van der Waals surface area contributed by atoms with Crippen LogP contribution in [0.5, 0.6) is 0 Å². The fraction of sp³-hybridized carbons (Fsp3) is 0.545. The molecule has 2 aliphatic carbocycles. The predicted molar refractivity (Wildman–Crippen MR) is 49.3 cm³/mol. The molecule has 3 atom stereocenters. The molecule has 2 heteroatoms. The van der Waals surface area contributed by atoms with Crippen molar-refractivity contribution in [1.29, 1.82) is 0 Å². The van der Waals surface area contributed by atoms with Gasteiger partial charge in [-0.05, 0) is 31.6 Å². The molecule has 0 radical (unpaired) electrons. The molecule has 3 unspecified atom stereocenters. The van der Waals surface area contributed by atoms with Crippen molar-refractivity contribution >= 4 is 0 Å². The van der Waals surface area contributed by atoms with Crippen LogP contribution in [0.1, 0.15) is 30.2 Å². The highest BCUT2D eigenvalue weighted by molar-refractivity contribution is 5.21. The van der Waals surface area contributed by atoms with Crippen LogP contribution in [0.2, 0.25) is 0 Å². The van der Waals surface area contributed by atoms with E-state index in [0.29, 0.717) is 5.92 Å². The van der Waals surface area contributed by atoms with E-state index >= 15 is 0 Å². The van der Waals surface area contributed by atoms with E-state index in [-0.39, 0.29) is 0 Å². The number of aryl methyl sites for hydroxylation is 1. The molecule has 0 aliphatic heterocycles. The van der Waals surface area contributed by atoms with Gasteiger partial charge in [0.05, 0.1) is 5.69 Å². The molecular weight excluding hydrogens is 162 g/mol. The molecule has 1 saturated carbocycles. The third-order valence-electron chi connectivity index (χ3n) is 3.29. The van der Waals surface area contributed by atoms with E-state index < -0.39 is 0 Å². The van der Waals surface area contributed by atoms with E-state index in [9.17, 15) is 0 Å². The second-order valence-corrected chi connectivity index (χ2v) is 4.26. The number of allylic oxidation sites excluding steroid dienone is 2. The van der Waals surface area contributed by atoms with Crippen molar-refractivity contribution in [3.63, 3.8) is 0 Å². The molecule has 2 nitrogen and oxygen atoms in total. The zero-order valence-electron chi connectivity index (χ0n) is 7.73. The van der Waals surface area contributed by atoms with Crippen molar-refractivity contribution in [3.8, 4) is 0 Å². The zero-order chi connectivity index (χ0) is 8.84. The first-order valence-corrected chi connectivity index (χ1v) is 4.94. The molecule has 0 aromatic carbocycles. The highest BCUT2D eigenvalue weighted by Crippen LogP contribution is 2.48. The summed E-state index contributed by atoms with van der Waals surface area (Å²) in [6, 6.07) is 2.08. The molecule has 0 amide bonds. The number of aromatic nitrogens is 1. The molecule has 13 heavy (non-hydrogen) atoms. The molecule has 2 aliphatic rings. The molecular formula is C11H13NO. The SMILES string of the molecule is Cc1cc(C2CC3C=CC2C3)on1. The first-order valence-electron chi connectivity index (χ1n) is 4.94. The largest absolute Gasteiger partial charge is 0.361 e. The summed E-state index contributed by atoms with van der Waals surface area (Å²) in [7, 11) is 0. The summed E-state index contributed by atoms with van der Waals surface area (Å²) in [5, 5.41) is 3.95. The van der Waals surface area contributed by atoms with Gasteiger partial charge in [-0.15, -0.1) is 0 Å². The first kappa shape index (κ1) is 7.36. The van der Waals surface area contributed by atoms with Crippen molar-refractivity contribution in [2.75, 3.05) is 0 Å². The molecule has 1 fully saturated rings. The molecule has 0 N–H and O–H groups in total. The molecule has 68 valence electrons. The van der Waals surface area contributed by atoms with Crippen molar-refractivity contribution in [2.45, 2.75) is 25.7 Å². The number of nitrogens with zero attached hydrogens (tertiary/aromatic N) is 1. The summed E-state index contributed by atoms with van der Waals surface area (Å²) in [5.74, 6) is 3.23. The second kappa shape index (κ2) is 2.47. The molecule has 1 heterocycles. The standard InChI is InChI=1S/C11H13NO/c1-7-4-11(13-12-7)10-6-8-2-3-9(10)5-8/h2-4,8-10H,5-6H2,1H3. The summed E-state index contributed by atoms with van der Waals surface area (Å²) >= 11 is 0. The van der Waals surface area contributed by atoms with Crippen LogP contribution in [-0.4, -0.2) is 5.16 Å². The Morgan fingerprint density at radius 2 is 2.31 bits per heavy atom. The topological polar surface area (TPSA) is 26.0 Å². The fourth-order valence-electron chi connectivity index (χ4n) is 2.67. The molecule has 1 aromatic heterocycles. The van der Waals surface area contributed by atoms with Crippen LogP contribution >= 0.6 is 0 Å². The Labute approximate surface area is 77.6 Å². The van der Waals surface area contributed by atoms with Gasteiger partial charge in [0.25, 0.3) is 0 Å². The Balaban J connectivity index is 1.91. The van der Waals surface area contributed by atoms with Crippen LogP contribution in [0, 0.1) is 18.8 Å². The van der Waals surface area contributed by atoms with Gasteiger partial charge in [-0.25, -0.2) is 0 Å². The summed E-state index contributed by atoms with van der Waals surface area (Å²) in [4.78, 5) is 0. The number of hydrogen-bond donors (Lipinski definition) is 0. The maximum atomic E-state index is 5.32. The van der Waals surface area contributed by atoms with Gasteiger partial charge in [-0.3, -0.25) is 0 Å². The van der Waals surface area contributed by atoms with Gasteiger partial charge >= 0.3 is 0 Å². The Hall–Kier alpha value is -1.05. The zero-order valence-corrected chi connectivity index (χ0v) is 7.73. The van der Waals surface area contributed by atoms with Crippen molar-refractivity contribution in [1.82, 2.24) is 5.16 Å². The Bertz CT molecular complexity index is 353. The summed E-state index contributed by atoms with van der Waals surface area (Å²) in [6.45, 7) is 1.98. The van der Waals surface area contributed by atoms with Crippen LogP contribution < -0.4 is 0 Å². The first-order chi connectivity index (χ1) is 6.33. The minimum atomic E-state index is 0.608. The quantitative estimate of drug-likeness (QED) is 0.613. The molecule has 1 aromatic rings. The third-order valence-corrected chi connectivity index (χ3v) is 3.29. The van der Waals surface area contributed by atoms with E-state index in [1.54, 1.807) is 0 Å². The van der Waals surface area contributed by atoms with Gasteiger partial charge in [-0.2, -0.15) is 0 Å². The van der Waals surface area contributed by atoms with E-state index in [1.165, 1.54) is 12.8 Å². The van der Waals surface area contributed by atoms with Gasteiger partial charge in [0, 0.05) is 12.0 Å². The minimum absolute atomic E-state index is 0.608. The lowest BCUT2D eigenvalue weighted by molar-refractivity contribution is 0.342. The molecule has 0 spiro atoms. The van der Waals surface area contributed by atoms with Crippen LogP contribution in [0.3, 0.4) is 0 Å². The smallest absolute Gasteiger partial charge is 0.140 e. The van der Waals surface area contributed by atoms with Crippen molar-refractivity contribution in [2.24, 2.45) is 11.8 Å². The predicted octanol–water partition coefficient (Wildman–Crippen LogP) is 2.66. The number of hydrogen-bond acceptors (Lipinski definition) is 2. The summed E-state index contributed by atoms with van der Waals surface area (Å²) < 4.78 is 5.32. The fourth-order valence-corrected chi connectivity index (χ4v) is 2.67. The summed E-state index contributed by atoms with van der Waals surface area (Å²) in [5.41, 5.74) is 1.00. The average molecular weight is 175 g/mol. The van der Waals surface area contributed by atoms with Gasteiger partial charge < -0.3 is 4.52 Å². The monoisotopic (exact) mass is 175 g/mol. The second-order valence-electron chi connectivity index (χ2n) is 4.26. The van der Waals surface area contributed by atoms with Gasteiger partial charge in [0.2, 0.25) is 0 Å². The minimum Gasteiger partial charge on any atom is -0.361 e. The molecule has 0 saturated heterocycles. The maximum absolute atomic E-state index is 5.32. The van der Waals surface area contributed by atoms with E-state index in [1.807, 2.05) is 6.92 Å². The van der Waals surface area contributed by atoms with Gasteiger partial charge in [0.15, 0.2) is 0 Å². The summed E-state index contributed by atoms with van der Waals surface area (Å²) in [6.07, 6.45) is 7.28. The number of rotatable bonds is 1. The van der Waals surface area contributed by atoms with Crippen molar-refractivity contribution < 1.29 is 4.52 Å². The Kier molecular flexibility index (Phi) is 1.40. The van der Waals surface area contributed by atoms with Gasteiger partial charge in [-0.1, -0.05) is 17.3 Å². The lowest BCUT2D eigenvalue weighted by Crippen LogP contribution is -2.03. The van der Waals surface area contributed by atoms with E-state index in [4.69, 9.17) is 4.52 Å². The molecule has 2 bridgehead atoms. The van der Waals surface area contributed by atoms with E-state index in [0.717, 1.165) is 23.3 Å². The van der Waals surface area contributed by atoms with Crippen LogP contribution in [-0.2, 0) is 0 Å². The normalized spacial score (nSPS) is 35.9. The van der Waals surface area contributed by atoms with Crippen LogP contribution in [0.25, 0.3) is 0 Å². The van der Waals surface area contributed by atoms with Crippen LogP contribution in [0.15, 0.2) is 22.7 Å². The highest BCUT2D eigenvalue weighted by Gasteiger charge is 2.38. The third kappa shape index (κ3) is 1.05. The average Bonchev–Trinajstić information content (AvgIpc) is 2.77. The van der Waals surface area contributed by atoms with E-state index in [2.05, 4.69) is 23.4 Å². The maximum Gasteiger partial charge on any atom is 0.140 e. The molecule has 3 rings (SSSR count). The lowest BCUT2D eigenvalue weighted by Gasteiger charge is -2.13. The Morgan fingerprint density at radius 1 is 1.38 bits per heavy atom. The van der Waals surface area contributed by atoms with Crippen LogP contribution in [0.4, 0.5) is 0 Å². The van der Waals surface area contributed by atoms with Crippen molar-refractivity contribution in [3.05, 3.63) is 29.7 Å². The van der Waals surface area contributed by atoms with Gasteiger partial charge in [0.1, 0.15) is 5.76 Å². The number of fused-ring (bicyclic) bond motifs is 2.